The van der Waals surface area contributed by atoms with E-state index in [1.807, 2.05) is 0 Å². The third-order valence-electron chi connectivity index (χ3n) is 1.95. The molecule has 1 aliphatic carbocycles. The Bertz CT molecular complexity index is 158. The highest BCUT2D eigenvalue weighted by atomic mass is 28.1. The normalized spacial score (nSPS) is 20.0. The molecule has 1 heteroatoms. The van der Waals surface area contributed by atoms with Crippen LogP contribution in [0.5, 0.6) is 0 Å². The van der Waals surface area contributed by atoms with E-state index in [0.29, 0.717) is 0 Å². The van der Waals surface area contributed by atoms with Crippen molar-refractivity contribution in [2.45, 2.75) is 20.3 Å². The molecule has 0 saturated heterocycles. The van der Waals surface area contributed by atoms with Crippen molar-refractivity contribution in [2.24, 2.45) is 0 Å². The molecule has 0 spiro atoms. The molecular formula is C7H12Si. The van der Waals surface area contributed by atoms with Gasteiger partial charge in [-0.1, -0.05) is 22.4 Å². The topological polar surface area (TPSA) is 0 Å². The van der Waals surface area contributed by atoms with Crippen molar-refractivity contribution in [3.63, 3.8) is 0 Å². The van der Waals surface area contributed by atoms with Gasteiger partial charge in [0.15, 0.2) is 0 Å². The molecular weight excluding hydrogens is 112 g/mol. The lowest BCUT2D eigenvalue weighted by atomic mass is 10.3. The van der Waals surface area contributed by atoms with Crippen LogP contribution in [-0.4, -0.2) is 10.2 Å². The molecule has 0 aliphatic heterocycles. The highest BCUT2D eigenvalue weighted by molar-refractivity contribution is 6.25. The van der Waals surface area contributed by atoms with Crippen molar-refractivity contribution >= 4 is 10.2 Å². The predicted molar refractivity (Wildman–Crippen MR) is 41.0 cm³/mol. The molecule has 0 heterocycles. The van der Waals surface area contributed by atoms with Crippen molar-refractivity contribution in [2.75, 3.05) is 0 Å². The van der Waals surface area contributed by atoms with Gasteiger partial charge < -0.3 is 0 Å². The van der Waals surface area contributed by atoms with Gasteiger partial charge in [0.25, 0.3) is 0 Å². The summed E-state index contributed by atoms with van der Waals surface area (Å²) in [5.41, 5.74) is 3.11. The fourth-order valence-electron chi connectivity index (χ4n) is 0.949. The van der Waals surface area contributed by atoms with E-state index >= 15 is 0 Å². The Morgan fingerprint density at radius 3 is 2.25 bits per heavy atom. The molecule has 0 saturated carbocycles. The summed E-state index contributed by atoms with van der Waals surface area (Å²) in [5.74, 6) is 0. The van der Waals surface area contributed by atoms with Gasteiger partial charge in [0.2, 0.25) is 0 Å². The summed E-state index contributed by atoms with van der Waals surface area (Å²) in [6.45, 7) is 4.44. The minimum atomic E-state index is 1.21. The maximum atomic E-state index is 2.32. The Balaban J connectivity index is 2.88. The lowest BCUT2D eigenvalue weighted by Crippen LogP contribution is -1.80. The van der Waals surface area contributed by atoms with Crippen molar-refractivity contribution in [1.29, 1.82) is 0 Å². The zero-order chi connectivity index (χ0) is 6.15. The molecule has 8 heavy (non-hydrogen) atoms. The lowest BCUT2D eigenvalue weighted by Gasteiger charge is -1.93. The van der Waals surface area contributed by atoms with Gasteiger partial charge >= 0.3 is 0 Å². The largest absolute Gasteiger partial charge is 0.0777 e. The Kier molecular flexibility index (Phi) is 1.38. The lowest BCUT2D eigenvalue weighted by molar-refractivity contribution is 1.25. The molecule has 0 unspecified atom stereocenters. The molecule has 0 N–H and O–H groups in total. The fourth-order valence-corrected chi connectivity index (χ4v) is 1.36. The summed E-state index contributed by atoms with van der Waals surface area (Å²) >= 11 is 0. The Morgan fingerprint density at radius 2 is 2.12 bits per heavy atom. The average molecular weight is 124 g/mol. The van der Waals surface area contributed by atoms with E-state index in [1.54, 1.807) is 10.8 Å². The van der Waals surface area contributed by atoms with Crippen molar-refractivity contribution in [3.8, 4) is 0 Å². The van der Waals surface area contributed by atoms with Crippen molar-refractivity contribution < 1.29 is 0 Å². The molecule has 0 amide bonds. The number of hydrogen-bond acceptors (Lipinski definition) is 0. The van der Waals surface area contributed by atoms with E-state index in [9.17, 15) is 0 Å². The SMILES string of the molecule is CC1=CCC(C)=C1[SiH3]. The zero-order valence-electron chi connectivity index (χ0n) is 5.78. The molecule has 0 atom stereocenters. The number of rotatable bonds is 0. The summed E-state index contributed by atoms with van der Waals surface area (Å²) < 4.78 is 0. The molecule has 44 valence electrons. The highest BCUT2D eigenvalue weighted by Crippen LogP contribution is 2.21. The maximum absolute atomic E-state index is 2.32. The van der Waals surface area contributed by atoms with Crippen LogP contribution >= 0.6 is 0 Å². The van der Waals surface area contributed by atoms with Gasteiger partial charge in [-0.15, -0.1) is 0 Å². The average Bonchev–Trinajstić information content (AvgIpc) is 1.98. The highest BCUT2D eigenvalue weighted by Gasteiger charge is 2.03. The van der Waals surface area contributed by atoms with E-state index in [-0.39, 0.29) is 0 Å². The minimum absolute atomic E-state index is 1.21. The predicted octanol–water partition coefficient (Wildman–Crippen LogP) is 0.976. The van der Waals surface area contributed by atoms with Gasteiger partial charge in [0.1, 0.15) is 0 Å². The van der Waals surface area contributed by atoms with E-state index in [2.05, 4.69) is 19.9 Å². The summed E-state index contributed by atoms with van der Waals surface area (Å²) in [4.78, 5) is 0. The maximum Gasteiger partial charge on any atom is 0.0387 e. The van der Waals surface area contributed by atoms with E-state index in [0.717, 1.165) is 0 Å². The first-order valence-electron chi connectivity index (χ1n) is 3.05. The monoisotopic (exact) mass is 124 g/mol. The second-order valence-corrected chi connectivity index (χ2v) is 3.50. The second kappa shape index (κ2) is 1.90. The molecule has 0 nitrogen and oxygen atoms in total. The van der Waals surface area contributed by atoms with Gasteiger partial charge in [0, 0.05) is 10.2 Å². The first-order chi connectivity index (χ1) is 3.72. The first kappa shape index (κ1) is 5.83. The summed E-state index contributed by atoms with van der Waals surface area (Å²) in [5, 5.41) is 1.63. The second-order valence-electron chi connectivity index (χ2n) is 2.50. The third-order valence-corrected chi connectivity index (χ3v) is 3.59. The molecule has 0 fully saturated rings. The van der Waals surface area contributed by atoms with Crippen LogP contribution in [0.2, 0.25) is 0 Å². The van der Waals surface area contributed by atoms with Crippen LogP contribution in [0.1, 0.15) is 20.3 Å². The van der Waals surface area contributed by atoms with Crippen LogP contribution in [0.3, 0.4) is 0 Å². The van der Waals surface area contributed by atoms with Crippen LogP contribution in [-0.2, 0) is 0 Å². The van der Waals surface area contributed by atoms with Gasteiger partial charge in [-0.2, -0.15) is 0 Å². The fraction of sp³-hybridized carbons (Fsp3) is 0.429. The molecule has 0 aromatic rings. The minimum Gasteiger partial charge on any atom is -0.0777 e. The molecule has 1 rings (SSSR count). The van der Waals surface area contributed by atoms with Crippen molar-refractivity contribution in [1.82, 2.24) is 0 Å². The quantitative estimate of drug-likeness (QED) is 0.422. The van der Waals surface area contributed by atoms with Gasteiger partial charge in [-0.25, -0.2) is 0 Å². The summed E-state index contributed by atoms with van der Waals surface area (Å²) in [7, 11) is 1.23. The van der Waals surface area contributed by atoms with E-state index in [1.165, 1.54) is 22.2 Å². The van der Waals surface area contributed by atoms with Gasteiger partial charge in [-0.05, 0) is 20.3 Å². The molecule has 0 bridgehead atoms. The Morgan fingerprint density at radius 1 is 1.50 bits per heavy atom. The van der Waals surface area contributed by atoms with Crippen LogP contribution in [0.4, 0.5) is 0 Å². The molecule has 0 aromatic heterocycles. The summed E-state index contributed by atoms with van der Waals surface area (Å²) in [6, 6.07) is 0. The van der Waals surface area contributed by atoms with Gasteiger partial charge in [0.05, 0.1) is 0 Å². The van der Waals surface area contributed by atoms with E-state index < -0.39 is 0 Å². The number of hydrogen-bond donors (Lipinski definition) is 0. The standard InChI is InChI=1S/C7H12Si/c1-5-3-4-6(2)7(5)8/h3H,4H2,1-2,8H3. The Hall–Kier alpha value is -0.303. The number of allylic oxidation sites excluding steroid dienone is 4. The van der Waals surface area contributed by atoms with Crippen molar-refractivity contribution in [3.05, 3.63) is 22.4 Å². The molecule has 0 aromatic carbocycles. The van der Waals surface area contributed by atoms with Crippen LogP contribution in [0.25, 0.3) is 0 Å². The van der Waals surface area contributed by atoms with Gasteiger partial charge in [-0.3, -0.25) is 0 Å². The first-order valence-corrected chi connectivity index (χ1v) is 4.05. The van der Waals surface area contributed by atoms with Crippen LogP contribution in [0, 0.1) is 0 Å². The molecule has 0 radical (unpaired) electrons. The summed E-state index contributed by atoms with van der Waals surface area (Å²) in [6.07, 6.45) is 3.53. The zero-order valence-corrected chi connectivity index (χ0v) is 7.78. The third kappa shape index (κ3) is 0.780. The molecule has 1 aliphatic rings. The Labute approximate surface area is 53.7 Å². The van der Waals surface area contributed by atoms with Crippen LogP contribution in [0.15, 0.2) is 22.4 Å². The smallest absolute Gasteiger partial charge is 0.0387 e. The van der Waals surface area contributed by atoms with Crippen LogP contribution < -0.4 is 0 Å². The van der Waals surface area contributed by atoms with E-state index in [4.69, 9.17) is 0 Å².